The summed E-state index contributed by atoms with van der Waals surface area (Å²) in [6.07, 6.45) is 8.74. The molecule has 6 nitrogen and oxygen atoms in total. The highest BCUT2D eigenvalue weighted by Gasteiger charge is 2.19. The first-order valence-corrected chi connectivity index (χ1v) is 10.2. The minimum Gasteiger partial charge on any atom is -0.341 e. The Morgan fingerprint density at radius 3 is 2.41 bits per heavy atom. The van der Waals surface area contributed by atoms with Crippen LogP contribution in [-0.2, 0) is 24.3 Å². The second-order valence-corrected chi connectivity index (χ2v) is 7.57. The molecule has 1 aliphatic heterocycles. The topological polar surface area (TPSA) is 54.3 Å². The highest BCUT2D eigenvalue weighted by Crippen LogP contribution is 2.12. The van der Waals surface area contributed by atoms with Gasteiger partial charge in [-0.25, -0.2) is 0 Å². The number of carbonyl (C=O) groups excluding carboxylic acids is 1. The van der Waals surface area contributed by atoms with E-state index in [0.29, 0.717) is 6.42 Å². The van der Waals surface area contributed by atoms with Crippen LogP contribution in [0.4, 0.5) is 0 Å². The van der Waals surface area contributed by atoms with Gasteiger partial charge < -0.3 is 4.90 Å². The molecule has 1 aromatic carbocycles. The fourth-order valence-electron chi connectivity index (χ4n) is 3.76. The summed E-state index contributed by atoms with van der Waals surface area (Å²) in [6, 6.07) is 14.6. The monoisotopic (exact) mass is 389 g/mol. The van der Waals surface area contributed by atoms with Crippen molar-refractivity contribution < 1.29 is 4.79 Å². The van der Waals surface area contributed by atoms with Gasteiger partial charge in [-0.2, -0.15) is 5.10 Å². The van der Waals surface area contributed by atoms with Crippen molar-refractivity contribution in [3.63, 3.8) is 0 Å². The van der Waals surface area contributed by atoms with Crippen molar-refractivity contribution >= 4 is 5.91 Å². The molecule has 0 spiro atoms. The molecule has 1 aliphatic rings. The SMILES string of the molecule is O=C(Cc1cccnc1)N1CCCN(Cc2ccc(Cn3cccn3)cc2)CC1. The molecule has 29 heavy (non-hydrogen) atoms. The number of carbonyl (C=O) groups is 1. The third kappa shape index (κ3) is 5.51. The van der Waals surface area contributed by atoms with E-state index in [4.69, 9.17) is 0 Å². The summed E-state index contributed by atoms with van der Waals surface area (Å²) in [7, 11) is 0. The molecule has 0 unspecified atom stereocenters. The summed E-state index contributed by atoms with van der Waals surface area (Å²) < 4.78 is 1.93. The lowest BCUT2D eigenvalue weighted by Gasteiger charge is -2.22. The highest BCUT2D eigenvalue weighted by molar-refractivity contribution is 5.78. The van der Waals surface area contributed by atoms with Crippen LogP contribution in [0, 0.1) is 0 Å². The summed E-state index contributed by atoms with van der Waals surface area (Å²) in [5, 5.41) is 4.26. The number of nitrogens with zero attached hydrogens (tertiary/aromatic N) is 5. The van der Waals surface area contributed by atoms with Gasteiger partial charge in [0.15, 0.2) is 0 Å². The Labute approximate surface area is 171 Å². The molecule has 0 saturated carbocycles. The van der Waals surface area contributed by atoms with Gasteiger partial charge in [0.1, 0.15) is 0 Å². The minimum atomic E-state index is 0.197. The van der Waals surface area contributed by atoms with Crippen molar-refractivity contribution in [2.75, 3.05) is 26.2 Å². The fourth-order valence-corrected chi connectivity index (χ4v) is 3.76. The van der Waals surface area contributed by atoms with E-state index in [-0.39, 0.29) is 5.91 Å². The lowest BCUT2D eigenvalue weighted by molar-refractivity contribution is -0.130. The van der Waals surface area contributed by atoms with Crippen molar-refractivity contribution in [1.29, 1.82) is 0 Å². The number of rotatable bonds is 6. The van der Waals surface area contributed by atoms with Gasteiger partial charge in [0, 0.05) is 57.5 Å². The van der Waals surface area contributed by atoms with E-state index in [2.05, 4.69) is 39.2 Å². The molecule has 0 aliphatic carbocycles. The van der Waals surface area contributed by atoms with Gasteiger partial charge in [-0.15, -0.1) is 0 Å². The van der Waals surface area contributed by atoms with E-state index in [1.807, 2.05) is 34.0 Å². The van der Waals surface area contributed by atoms with Crippen LogP contribution >= 0.6 is 0 Å². The minimum absolute atomic E-state index is 0.197. The number of pyridine rings is 1. The zero-order valence-electron chi connectivity index (χ0n) is 16.7. The molecule has 0 radical (unpaired) electrons. The van der Waals surface area contributed by atoms with Crippen LogP contribution in [0.25, 0.3) is 0 Å². The van der Waals surface area contributed by atoms with E-state index in [1.54, 1.807) is 18.6 Å². The molecule has 4 rings (SSSR count). The quantitative estimate of drug-likeness (QED) is 0.650. The lowest BCUT2D eigenvalue weighted by atomic mass is 10.1. The molecule has 0 bridgehead atoms. The van der Waals surface area contributed by atoms with E-state index in [1.165, 1.54) is 11.1 Å². The summed E-state index contributed by atoms with van der Waals surface area (Å²) in [6.45, 7) is 5.27. The maximum atomic E-state index is 12.6. The zero-order valence-corrected chi connectivity index (χ0v) is 16.7. The number of benzene rings is 1. The maximum Gasteiger partial charge on any atom is 0.227 e. The third-order valence-corrected chi connectivity index (χ3v) is 5.35. The normalized spacial score (nSPS) is 15.2. The Morgan fingerprint density at radius 2 is 1.69 bits per heavy atom. The second-order valence-electron chi connectivity index (χ2n) is 7.57. The number of aromatic nitrogens is 3. The zero-order chi connectivity index (χ0) is 19.9. The fraction of sp³-hybridized carbons (Fsp3) is 0.348. The largest absolute Gasteiger partial charge is 0.341 e. The molecule has 0 N–H and O–H groups in total. The molecule has 1 saturated heterocycles. The van der Waals surface area contributed by atoms with E-state index in [0.717, 1.165) is 51.3 Å². The van der Waals surface area contributed by atoms with Gasteiger partial charge in [0.05, 0.1) is 13.0 Å². The molecule has 1 amide bonds. The summed E-state index contributed by atoms with van der Waals surface area (Å²) in [5.41, 5.74) is 3.54. The predicted octanol–water partition coefficient (Wildman–Crippen LogP) is 2.60. The standard InChI is InChI=1S/C23H27N5O/c29-23(16-22-4-1-9-24-17-22)27-12-3-11-26(14-15-27)18-20-5-7-21(8-6-20)19-28-13-2-10-25-28/h1-2,4-10,13,17H,3,11-12,14-16,18-19H2. The maximum absolute atomic E-state index is 12.6. The Hall–Kier alpha value is -2.99. The Kier molecular flexibility index (Phi) is 6.32. The lowest BCUT2D eigenvalue weighted by Crippen LogP contribution is -2.36. The van der Waals surface area contributed by atoms with Crippen molar-refractivity contribution in [2.24, 2.45) is 0 Å². The van der Waals surface area contributed by atoms with E-state index in [9.17, 15) is 4.79 Å². The van der Waals surface area contributed by atoms with Gasteiger partial charge >= 0.3 is 0 Å². The van der Waals surface area contributed by atoms with Crippen LogP contribution in [0.2, 0.25) is 0 Å². The first kappa shape index (κ1) is 19.3. The van der Waals surface area contributed by atoms with Crippen LogP contribution in [0.1, 0.15) is 23.1 Å². The molecule has 3 heterocycles. The van der Waals surface area contributed by atoms with Crippen LogP contribution in [-0.4, -0.2) is 56.7 Å². The van der Waals surface area contributed by atoms with Crippen molar-refractivity contribution in [1.82, 2.24) is 24.6 Å². The molecule has 6 heteroatoms. The average molecular weight is 390 g/mol. The predicted molar refractivity (Wildman–Crippen MR) is 112 cm³/mol. The first-order valence-electron chi connectivity index (χ1n) is 10.2. The second kappa shape index (κ2) is 9.47. The van der Waals surface area contributed by atoms with Gasteiger partial charge in [-0.05, 0) is 35.2 Å². The average Bonchev–Trinajstić information content (AvgIpc) is 3.14. The Bertz CT molecular complexity index is 893. The van der Waals surface area contributed by atoms with Crippen molar-refractivity contribution in [2.45, 2.75) is 25.9 Å². The first-order chi connectivity index (χ1) is 14.3. The Morgan fingerprint density at radius 1 is 0.862 bits per heavy atom. The summed E-state index contributed by atoms with van der Waals surface area (Å²) >= 11 is 0. The van der Waals surface area contributed by atoms with Crippen LogP contribution < -0.4 is 0 Å². The van der Waals surface area contributed by atoms with Crippen molar-refractivity contribution in [3.8, 4) is 0 Å². The van der Waals surface area contributed by atoms with Gasteiger partial charge in [0.2, 0.25) is 5.91 Å². The highest BCUT2D eigenvalue weighted by atomic mass is 16.2. The van der Waals surface area contributed by atoms with Gasteiger partial charge in [0.25, 0.3) is 0 Å². The van der Waals surface area contributed by atoms with Gasteiger partial charge in [-0.3, -0.25) is 19.4 Å². The van der Waals surface area contributed by atoms with Crippen LogP contribution in [0.3, 0.4) is 0 Å². The Balaban J connectivity index is 1.28. The number of hydrogen-bond donors (Lipinski definition) is 0. The molecular weight excluding hydrogens is 362 g/mol. The molecule has 150 valence electrons. The molecular formula is C23H27N5O. The van der Waals surface area contributed by atoms with E-state index < -0.39 is 0 Å². The molecule has 2 aromatic heterocycles. The van der Waals surface area contributed by atoms with E-state index >= 15 is 0 Å². The molecule has 1 fully saturated rings. The number of hydrogen-bond acceptors (Lipinski definition) is 4. The van der Waals surface area contributed by atoms with Gasteiger partial charge in [-0.1, -0.05) is 30.3 Å². The smallest absolute Gasteiger partial charge is 0.227 e. The van der Waals surface area contributed by atoms with Crippen molar-refractivity contribution in [3.05, 3.63) is 83.9 Å². The summed E-state index contributed by atoms with van der Waals surface area (Å²) in [5.74, 6) is 0.197. The van der Waals surface area contributed by atoms with Crippen LogP contribution in [0.15, 0.2) is 67.3 Å². The molecule has 3 aromatic rings. The third-order valence-electron chi connectivity index (χ3n) is 5.35. The summed E-state index contributed by atoms with van der Waals surface area (Å²) in [4.78, 5) is 21.2. The van der Waals surface area contributed by atoms with Crippen LogP contribution in [0.5, 0.6) is 0 Å². The molecule has 0 atom stereocenters. The number of amides is 1.